The lowest BCUT2D eigenvalue weighted by atomic mass is 9.88. The van der Waals surface area contributed by atoms with Gasteiger partial charge in [-0.3, -0.25) is 14.5 Å². The predicted octanol–water partition coefficient (Wildman–Crippen LogP) is 3.73. The van der Waals surface area contributed by atoms with Crippen LogP contribution in [0.15, 0.2) is 33.3 Å². The van der Waals surface area contributed by atoms with Gasteiger partial charge in [0, 0.05) is 44.2 Å². The lowest BCUT2D eigenvalue weighted by Crippen LogP contribution is -2.59. The van der Waals surface area contributed by atoms with Gasteiger partial charge in [-0.2, -0.15) is 4.98 Å². The van der Waals surface area contributed by atoms with Crippen molar-refractivity contribution in [2.24, 2.45) is 5.92 Å². The van der Waals surface area contributed by atoms with Gasteiger partial charge in [0.1, 0.15) is 11.6 Å². The molecular formula is C27H32F2N6O4. The third-order valence-corrected chi connectivity index (χ3v) is 7.60. The highest BCUT2D eigenvalue weighted by molar-refractivity contribution is 5.94. The molecule has 2 fully saturated rings. The predicted molar refractivity (Wildman–Crippen MR) is 135 cm³/mol. The average Bonchev–Trinajstić information content (AvgIpc) is 3.66. The van der Waals surface area contributed by atoms with Crippen molar-refractivity contribution in [3.63, 3.8) is 0 Å². The van der Waals surface area contributed by atoms with E-state index >= 15 is 0 Å². The van der Waals surface area contributed by atoms with Crippen molar-refractivity contribution in [2.45, 2.75) is 70.5 Å². The van der Waals surface area contributed by atoms with E-state index in [0.717, 1.165) is 31.5 Å². The normalized spacial score (nSPS) is 20.7. The van der Waals surface area contributed by atoms with Gasteiger partial charge in [0.15, 0.2) is 17.3 Å². The van der Waals surface area contributed by atoms with Gasteiger partial charge in [-0.25, -0.2) is 8.78 Å². The first-order valence-corrected chi connectivity index (χ1v) is 13.2. The lowest BCUT2D eigenvalue weighted by molar-refractivity contribution is -0.129. The molecule has 2 N–H and O–H groups in total. The monoisotopic (exact) mass is 542 g/mol. The molecule has 3 heterocycles. The molecule has 12 heteroatoms. The molecule has 10 nitrogen and oxygen atoms in total. The lowest BCUT2D eigenvalue weighted by Gasteiger charge is -2.41. The van der Waals surface area contributed by atoms with Crippen molar-refractivity contribution < 1.29 is 27.4 Å². The second kappa shape index (κ2) is 10.8. The Bertz CT molecular complexity index is 1350. The molecule has 0 bridgehead atoms. The Morgan fingerprint density at radius 2 is 1.85 bits per heavy atom. The second-order valence-corrected chi connectivity index (χ2v) is 10.9. The summed E-state index contributed by atoms with van der Waals surface area (Å²) >= 11 is 0. The van der Waals surface area contributed by atoms with E-state index in [1.165, 1.54) is 25.0 Å². The Balaban J connectivity index is 1.33. The van der Waals surface area contributed by atoms with E-state index in [4.69, 9.17) is 9.05 Å². The minimum Gasteiger partial charge on any atom is -0.355 e. The SMILES string of the molecule is Cc1nc(C(C)(C)NC(=O)[C@H]2CN(C3CCCC3)CC[C@@H]2NC(=O)c2cc(-c3ccc(F)cc3F)on2)no1. The number of likely N-dealkylation sites (tertiary alicyclic amines) is 1. The van der Waals surface area contributed by atoms with Crippen LogP contribution in [0.5, 0.6) is 0 Å². The summed E-state index contributed by atoms with van der Waals surface area (Å²) in [6.07, 6.45) is 5.11. The number of carbonyl (C=O) groups is 2. The Hall–Kier alpha value is -3.67. The van der Waals surface area contributed by atoms with Crippen LogP contribution in [0.2, 0.25) is 0 Å². The van der Waals surface area contributed by atoms with E-state index in [1.807, 2.05) is 0 Å². The molecule has 0 unspecified atom stereocenters. The van der Waals surface area contributed by atoms with Gasteiger partial charge in [-0.1, -0.05) is 23.2 Å². The standard InChI is InChI=1S/C27H32F2N6O4/c1-15-30-26(34-38-15)27(2,3)32-24(36)19-14-35(17-6-4-5-7-17)11-10-21(19)31-25(37)22-13-23(39-33-22)18-9-8-16(28)12-20(18)29/h8-9,12-13,17,19,21H,4-7,10-11,14H2,1-3H3,(H,31,37)(H,32,36)/t19-,21-/m0/s1. The van der Waals surface area contributed by atoms with E-state index in [1.54, 1.807) is 20.8 Å². The van der Waals surface area contributed by atoms with Crippen LogP contribution in [0.3, 0.4) is 0 Å². The number of carbonyl (C=O) groups excluding carboxylic acids is 2. The molecule has 39 heavy (non-hydrogen) atoms. The maximum Gasteiger partial charge on any atom is 0.273 e. The van der Waals surface area contributed by atoms with Crippen LogP contribution in [-0.4, -0.2) is 57.2 Å². The zero-order chi connectivity index (χ0) is 27.7. The first-order valence-electron chi connectivity index (χ1n) is 13.2. The first kappa shape index (κ1) is 26.9. The maximum atomic E-state index is 14.2. The number of halogens is 2. The van der Waals surface area contributed by atoms with Crippen molar-refractivity contribution in [3.8, 4) is 11.3 Å². The van der Waals surface area contributed by atoms with E-state index in [-0.39, 0.29) is 22.9 Å². The van der Waals surface area contributed by atoms with Crippen LogP contribution in [0, 0.1) is 24.5 Å². The molecular weight excluding hydrogens is 510 g/mol. The van der Waals surface area contributed by atoms with Gasteiger partial charge in [0.05, 0.1) is 17.0 Å². The Labute approximate surface area is 224 Å². The highest BCUT2D eigenvalue weighted by Gasteiger charge is 2.41. The van der Waals surface area contributed by atoms with Gasteiger partial charge in [-0.05, 0) is 45.2 Å². The van der Waals surface area contributed by atoms with Crippen molar-refractivity contribution in [1.82, 2.24) is 30.8 Å². The number of amides is 2. The van der Waals surface area contributed by atoms with Crippen LogP contribution >= 0.6 is 0 Å². The summed E-state index contributed by atoms with van der Waals surface area (Å²) < 4.78 is 37.7. The summed E-state index contributed by atoms with van der Waals surface area (Å²) in [6, 6.07) is 4.30. The van der Waals surface area contributed by atoms with Crippen molar-refractivity contribution in [1.29, 1.82) is 0 Å². The topological polar surface area (TPSA) is 126 Å². The van der Waals surface area contributed by atoms with Crippen LogP contribution in [0.4, 0.5) is 8.78 Å². The molecule has 0 radical (unpaired) electrons. The van der Waals surface area contributed by atoms with Crippen molar-refractivity contribution in [2.75, 3.05) is 13.1 Å². The van der Waals surface area contributed by atoms with E-state index in [2.05, 4.69) is 30.8 Å². The zero-order valence-electron chi connectivity index (χ0n) is 22.2. The highest BCUT2D eigenvalue weighted by Crippen LogP contribution is 2.30. The summed E-state index contributed by atoms with van der Waals surface area (Å²) in [5.74, 6) is -2.11. The van der Waals surface area contributed by atoms with Gasteiger partial charge in [0.25, 0.3) is 5.91 Å². The Morgan fingerprint density at radius 3 is 2.54 bits per heavy atom. The molecule has 208 valence electrons. The maximum absolute atomic E-state index is 14.2. The third-order valence-electron chi connectivity index (χ3n) is 7.60. The van der Waals surface area contributed by atoms with Gasteiger partial charge in [-0.15, -0.1) is 0 Å². The third kappa shape index (κ3) is 5.85. The molecule has 1 aliphatic heterocycles. The molecule has 1 aromatic carbocycles. The number of rotatable bonds is 7. The van der Waals surface area contributed by atoms with E-state index in [9.17, 15) is 18.4 Å². The summed E-state index contributed by atoms with van der Waals surface area (Å²) in [5, 5.41) is 13.7. The fourth-order valence-electron chi connectivity index (χ4n) is 5.47. The Kier molecular flexibility index (Phi) is 7.48. The molecule has 1 aliphatic carbocycles. The van der Waals surface area contributed by atoms with Crippen molar-refractivity contribution >= 4 is 11.8 Å². The number of aryl methyl sites for hydroxylation is 1. The number of benzene rings is 1. The fourth-order valence-corrected chi connectivity index (χ4v) is 5.47. The summed E-state index contributed by atoms with van der Waals surface area (Å²) in [7, 11) is 0. The number of hydrogen-bond acceptors (Lipinski definition) is 8. The molecule has 3 aromatic rings. The molecule has 1 saturated carbocycles. The smallest absolute Gasteiger partial charge is 0.273 e. The number of aromatic nitrogens is 3. The molecule has 0 spiro atoms. The molecule has 2 aromatic heterocycles. The number of piperidine rings is 1. The molecule has 2 atom stereocenters. The van der Waals surface area contributed by atoms with E-state index < -0.39 is 35.0 Å². The molecule has 1 saturated heterocycles. The Morgan fingerprint density at radius 1 is 1.08 bits per heavy atom. The first-order chi connectivity index (χ1) is 18.6. The second-order valence-electron chi connectivity index (χ2n) is 10.9. The van der Waals surface area contributed by atoms with E-state index in [0.29, 0.717) is 30.7 Å². The number of nitrogens with zero attached hydrogens (tertiary/aromatic N) is 4. The highest BCUT2D eigenvalue weighted by atomic mass is 19.1. The average molecular weight is 543 g/mol. The minimum atomic E-state index is -0.890. The van der Waals surface area contributed by atoms with Crippen molar-refractivity contribution in [3.05, 3.63) is 53.3 Å². The summed E-state index contributed by atoms with van der Waals surface area (Å²) in [4.78, 5) is 33.4. The van der Waals surface area contributed by atoms with Gasteiger partial charge < -0.3 is 19.7 Å². The number of hydrogen-bond donors (Lipinski definition) is 2. The zero-order valence-corrected chi connectivity index (χ0v) is 22.2. The molecule has 2 aliphatic rings. The minimum absolute atomic E-state index is 0.000140. The van der Waals surface area contributed by atoms with Crippen LogP contribution in [0.25, 0.3) is 11.3 Å². The quantitative estimate of drug-likeness (QED) is 0.463. The van der Waals surface area contributed by atoms with Gasteiger partial charge in [0.2, 0.25) is 11.8 Å². The van der Waals surface area contributed by atoms with Crippen LogP contribution in [-0.2, 0) is 10.3 Å². The van der Waals surface area contributed by atoms with Gasteiger partial charge >= 0.3 is 0 Å². The summed E-state index contributed by atoms with van der Waals surface area (Å²) in [5.41, 5.74) is -0.961. The molecule has 2 amide bonds. The fraction of sp³-hybridized carbons (Fsp3) is 0.519. The molecule has 5 rings (SSSR count). The van der Waals surface area contributed by atoms with Crippen LogP contribution in [0.1, 0.15) is 68.2 Å². The van der Waals surface area contributed by atoms with Crippen LogP contribution < -0.4 is 10.6 Å². The summed E-state index contributed by atoms with van der Waals surface area (Å²) in [6.45, 7) is 6.52. The largest absolute Gasteiger partial charge is 0.355 e. The number of nitrogens with one attached hydrogen (secondary N) is 2.